The second-order valence-corrected chi connectivity index (χ2v) is 6.86. The molecule has 0 radical (unpaired) electrons. The fourth-order valence-corrected chi connectivity index (χ4v) is 4.61. The Morgan fingerprint density at radius 3 is 2.46 bits per heavy atom. The molecular weight excluding hydrogens is 312 g/mol. The summed E-state index contributed by atoms with van der Waals surface area (Å²) >= 11 is 0. The van der Waals surface area contributed by atoms with Crippen LogP contribution in [0.25, 0.3) is 0 Å². The van der Waals surface area contributed by atoms with Gasteiger partial charge in [0.25, 0.3) is 5.69 Å². The summed E-state index contributed by atoms with van der Waals surface area (Å²) in [5, 5.41) is 23.1. The Morgan fingerprint density at radius 2 is 1.88 bits per heavy atom. The van der Waals surface area contributed by atoms with Gasteiger partial charge in [0.2, 0.25) is 5.91 Å². The fourth-order valence-electron chi connectivity index (χ4n) is 4.61. The zero-order valence-corrected chi connectivity index (χ0v) is 12.7. The van der Waals surface area contributed by atoms with Crippen LogP contribution in [0.3, 0.4) is 0 Å². The molecule has 1 aromatic rings. The van der Waals surface area contributed by atoms with E-state index in [4.69, 9.17) is 0 Å². The standard InChI is InChI=1S/C17H16N2O5/c20-15(18-9-2-1-3-10(8-9)19(23)24)13-11-4-5-12(14(13)16(21)22)17(11)6-7-17/h1-5,8,11-14H,6-7H2,(H,18,20)(H,21,22)/t11-,12+,13+,14+/m1/s1. The Kier molecular flexibility index (Phi) is 3.03. The minimum Gasteiger partial charge on any atom is -0.481 e. The quantitative estimate of drug-likeness (QED) is 0.501. The Labute approximate surface area is 137 Å². The summed E-state index contributed by atoms with van der Waals surface area (Å²) in [6.07, 6.45) is 5.85. The van der Waals surface area contributed by atoms with E-state index in [1.165, 1.54) is 18.2 Å². The van der Waals surface area contributed by atoms with Crippen LogP contribution in [0.4, 0.5) is 11.4 Å². The van der Waals surface area contributed by atoms with Crippen molar-refractivity contribution in [2.24, 2.45) is 29.1 Å². The van der Waals surface area contributed by atoms with Crippen molar-refractivity contribution >= 4 is 23.3 Å². The second kappa shape index (κ2) is 4.90. The van der Waals surface area contributed by atoms with E-state index in [0.717, 1.165) is 12.8 Å². The number of rotatable bonds is 4. The predicted molar refractivity (Wildman–Crippen MR) is 84.1 cm³/mol. The number of benzene rings is 1. The third kappa shape index (κ3) is 1.97. The molecule has 0 heterocycles. The molecule has 0 saturated heterocycles. The van der Waals surface area contributed by atoms with E-state index in [9.17, 15) is 24.8 Å². The number of anilines is 1. The Hall–Kier alpha value is -2.70. The number of carboxylic acid groups (broad SMARTS) is 1. The van der Waals surface area contributed by atoms with E-state index in [2.05, 4.69) is 5.32 Å². The Bertz CT molecular complexity index is 783. The molecule has 1 spiro atoms. The van der Waals surface area contributed by atoms with Crippen molar-refractivity contribution in [3.05, 3.63) is 46.5 Å². The van der Waals surface area contributed by atoms with Crippen molar-refractivity contribution < 1.29 is 19.6 Å². The number of aliphatic carboxylic acids is 1. The number of allylic oxidation sites excluding steroid dienone is 2. The van der Waals surface area contributed by atoms with Gasteiger partial charge in [-0.1, -0.05) is 18.2 Å². The van der Waals surface area contributed by atoms with Gasteiger partial charge in [-0.05, 0) is 36.2 Å². The Balaban J connectivity index is 1.60. The molecule has 7 nitrogen and oxygen atoms in total. The maximum absolute atomic E-state index is 12.7. The van der Waals surface area contributed by atoms with E-state index < -0.39 is 22.7 Å². The summed E-state index contributed by atoms with van der Waals surface area (Å²) in [7, 11) is 0. The van der Waals surface area contributed by atoms with E-state index in [0.29, 0.717) is 5.69 Å². The van der Waals surface area contributed by atoms with E-state index >= 15 is 0 Å². The fraction of sp³-hybridized carbons (Fsp3) is 0.412. The van der Waals surface area contributed by atoms with Gasteiger partial charge < -0.3 is 10.4 Å². The molecule has 1 amide bonds. The molecule has 24 heavy (non-hydrogen) atoms. The van der Waals surface area contributed by atoms with Crippen LogP contribution in [-0.4, -0.2) is 21.9 Å². The van der Waals surface area contributed by atoms with E-state index in [1.807, 2.05) is 12.2 Å². The smallest absolute Gasteiger partial charge is 0.307 e. The SMILES string of the molecule is O=C(Nc1cccc([N+](=O)[O-])c1)[C@@H]1[C@@H](C(=O)O)[C@@H]2C=C[C@H]1C21CC1. The zero-order valence-electron chi connectivity index (χ0n) is 12.7. The number of nitro groups is 1. The predicted octanol–water partition coefficient (Wildman–Crippen LogP) is 2.45. The molecule has 4 atom stereocenters. The van der Waals surface area contributed by atoms with Crippen LogP contribution >= 0.6 is 0 Å². The zero-order chi connectivity index (χ0) is 17.1. The molecule has 2 N–H and O–H groups in total. The van der Waals surface area contributed by atoms with Crippen LogP contribution in [-0.2, 0) is 9.59 Å². The lowest BCUT2D eigenvalue weighted by Gasteiger charge is -2.23. The molecule has 0 aliphatic heterocycles. The number of carbonyl (C=O) groups excluding carboxylic acids is 1. The van der Waals surface area contributed by atoms with Crippen LogP contribution in [0.1, 0.15) is 12.8 Å². The molecule has 124 valence electrons. The van der Waals surface area contributed by atoms with Crippen molar-refractivity contribution in [1.29, 1.82) is 0 Å². The first-order valence-corrected chi connectivity index (χ1v) is 7.90. The number of nitrogens with one attached hydrogen (secondary N) is 1. The third-order valence-electron chi connectivity index (χ3n) is 5.75. The highest BCUT2D eigenvalue weighted by atomic mass is 16.6. The number of nitrogens with zero attached hydrogens (tertiary/aromatic N) is 1. The molecule has 0 aromatic heterocycles. The van der Waals surface area contributed by atoms with Gasteiger partial charge in [-0.3, -0.25) is 19.7 Å². The van der Waals surface area contributed by atoms with Crippen LogP contribution < -0.4 is 5.32 Å². The second-order valence-electron chi connectivity index (χ2n) is 6.86. The molecule has 2 bridgehead atoms. The van der Waals surface area contributed by atoms with Crippen LogP contribution in [0.15, 0.2) is 36.4 Å². The number of non-ortho nitro benzene ring substituents is 1. The first-order chi connectivity index (χ1) is 11.4. The van der Waals surface area contributed by atoms with Crippen LogP contribution in [0.5, 0.6) is 0 Å². The molecule has 0 unspecified atom stereocenters. The van der Waals surface area contributed by atoms with Gasteiger partial charge in [0.1, 0.15) is 0 Å². The highest BCUT2D eigenvalue weighted by Crippen LogP contribution is 2.72. The van der Waals surface area contributed by atoms with Crippen molar-refractivity contribution in [2.75, 3.05) is 5.32 Å². The van der Waals surface area contributed by atoms with Gasteiger partial charge in [0, 0.05) is 17.8 Å². The topological polar surface area (TPSA) is 110 Å². The molecule has 4 rings (SSSR count). The number of carboxylic acids is 1. The largest absolute Gasteiger partial charge is 0.481 e. The molecule has 3 aliphatic carbocycles. The van der Waals surface area contributed by atoms with Gasteiger partial charge >= 0.3 is 5.97 Å². The number of hydrogen-bond acceptors (Lipinski definition) is 4. The van der Waals surface area contributed by atoms with E-state index in [1.54, 1.807) is 6.07 Å². The number of amides is 1. The molecule has 3 aliphatic rings. The lowest BCUT2D eigenvalue weighted by atomic mass is 9.82. The average molecular weight is 328 g/mol. The first kappa shape index (κ1) is 14.9. The monoisotopic (exact) mass is 328 g/mol. The summed E-state index contributed by atoms with van der Waals surface area (Å²) in [5.41, 5.74) is 0.150. The highest BCUT2D eigenvalue weighted by Gasteiger charge is 2.70. The minimum absolute atomic E-state index is 0.0479. The first-order valence-electron chi connectivity index (χ1n) is 7.90. The number of hydrogen-bond donors (Lipinski definition) is 2. The van der Waals surface area contributed by atoms with Gasteiger partial charge in [-0.25, -0.2) is 0 Å². The molecule has 7 heteroatoms. The molecule has 2 fully saturated rings. The van der Waals surface area contributed by atoms with Gasteiger partial charge in [0.05, 0.1) is 16.8 Å². The number of nitro benzene ring substituents is 1. The van der Waals surface area contributed by atoms with Gasteiger partial charge in [0.15, 0.2) is 0 Å². The maximum atomic E-state index is 12.7. The van der Waals surface area contributed by atoms with Gasteiger partial charge in [-0.2, -0.15) is 0 Å². The molecule has 1 aromatic carbocycles. The van der Waals surface area contributed by atoms with Crippen molar-refractivity contribution in [2.45, 2.75) is 12.8 Å². The average Bonchev–Trinajstić information content (AvgIpc) is 3.20. The maximum Gasteiger partial charge on any atom is 0.307 e. The van der Waals surface area contributed by atoms with Crippen molar-refractivity contribution in [3.63, 3.8) is 0 Å². The Morgan fingerprint density at radius 1 is 1.21 bits per heavy atom. The molecule has 2 saturated carbocycles. The summed E-state index contributed by atoms with van der Waals surface area (Å²) in [6, 6.07) is 5.68. The highest BCUT2D eigenvalue weighted by molar-refractivity contribution is 5.97. The summed E-state index contributed by atoms with van der Waals surface area (Å²) in [5.74, 6) is -2.80. The van der Waals surface area contributed by atoms with Crippen LogP contribution in [0, 0.1) is 39.2 Å². The van der Waals surface area contributed by atoms with Crippen molar-refractivity contribution in [3.8, 4) is 0 Å². The molecular formula is C17H16N2O5. The van der Waals surface area contributed by atoms with E-state index in [-0.39, 0.29) is 28.8 Å². The summed E-state index contributed by atoms with van der Waals surface area (Å²) in [6.45, 7) is 0. The lowest BCUT2D eigenvalue weighted by Crippen LogP contribution is -2.36. The van der Waals surface area contributed by atoms with Crippen LogP contribution in [0.2, 0.25) is 0 Å². The normalized spacial score (nSPS) is 31.2. The summed E-state index contributed by atoms with van der Waals surface area (Å²) in [4.78, 5) is 34.8. The van der Waals surface area contributed by atoms with Gasteiger partial charge in [-0.15, -0.1) is 0 Å². The third-order valence-corrected chi connectivity index (χ3v) is 5.75. The minimum atomic E-state index is -0.947. The summed E-state index contributed by atoms with van der Waals surface area (Å²) < 4.78 is 0. The lowest BCUT2D eigenvalue weighted by molar-refractivity contribution is -0.384. The number of carbonyl (C=O) groups is 2. The van der Waals surface area contributed by atoms with Crippen molar-refractivity contribution in [1.82, 2.24) is 0 Å².